The standard InChI is InChI=1S/C18H19N3O5/c1-11-5-4-6-13(9-11)20-17(22)12(2)26-18(23)15-10-14(21(24)25)7-8-16(15)19-3/h4-10,12,19H,1-3H3,(H,20,22)/t12-/m0/s1. The lowest BCUT2D eigenvalue weighted by Gasteiger charge is -2.15. The van der Waals surface area contributed by atoms with Gasteiger partial charge in [-0.3, -0.25) is 14.9 Å². The molecule has 0 saturated heterocycles. The van der Waals surface area contributed by atoms with Crippen molar-refractivity contribution in [2.24, 2.45) is 0 Å². The highest BCUT2D eigenvalue weighted by Crippen LogP contribution is 2.23. The van der Waals surface area contributed by atoms with Crippen molar-refractivity contribution < 1.29 is 19.2 Å². The summed E-state index contributed by atoms with van der Waals surface area (Å²) in [7, 11) is 1.58. The number of esters is 1. The molecule has 0 aromatic heterocycles. The molecule has 26 heavy (non-hydrogen) atoms. The molecule has 136 valence electrons. The minimum absolute atomic E-state index is 0.0168. The van der Waals surface area contributed by atoms with Gasteiger partial charge in [0.15, 0.2) is 6.10 Å². The van der Waals surface area contributed by atoms with Gasteiger partial charge in [-0.05, 0) is 37.6 Å². The highest BCUT2D eigenvalue weighted by atomic mass is 16.6. The normalized spacial score (nSPS) is 11.3. The summed E-state index contributed by atoms with van der Waals surface area (Å²) in [5.41, 5.74) is 1.67. The van der Waals surface area contributed by atoms with Gasteiger partial charge in [0.1, 0.15) is 0 Å². The number of nitro groups is 1. The molecule has 0 unspecified atom stereocenters. The number of hydrogen-bond donors (Lipinski definition) is 2. The van der Waals surface area contributed by atoms with E-state index in [1.165, 1.54) is 19.1 Å². The van der Waals surface area contributed by atoms with Crippen molar-refractivity contribution in [1.29, 1.82) is 0 Å². The Hall–Kier alpha value is -3.42. The number of aryl methyl sites for hydroxylation is 1. The number of ether oxygens (including phenoxy) is 1. The monoisotopic (exact) mass is 357 g/mol. The molecule has 1 atom stereocenters. The average Bonchev–Trinajstić information content (AvgIpc) is 2.60. The van der Waals surface area contributed by atoms with Gasteiger partial charge in [0, 0.05) is 30.6 Å². The van der Waals surface area contributed by atoms with E-state index in [-0.39, 0.29) is 11.3 Å². The molecule has 0 bridgehead atoms. The second kappa shape index (κ2) is 8.11. The number of nitrogens with zero attached hydrogens (tertiary/aromatic N) is 1. The molecule has 0 aliphatic rings. The Kier molecular flexibility index (Phi) is 5.90. The molecule has 8 heteroatoms. The molecular formula is C18H19N3O5. The summed E-state index contributed by atoms with van der Waals surface area (Å²) in [6.07, 6.45) is -1.08. The smallest absolute Gasteiger partial charge is 0.341 e. The molecule has 1 amide bonds. The number of hydrogen-bond acceptors (Lipinski definition) is 6. The fourth-order valence-electron chi connectivity index (χ4n) is 2.28. The van der Waals surface area contributed by atoms with Crippen molar-refractivity contribution in [3.8, 4) is 0 Å². The van der Waals surface area contributed by atoms with Crippen molar-refractivity contribution in [1.82, 2.24) is 0 Å². The number of benzene rings is 2. The summed E-state index contributed by atoms with van der Waals surface area (Å²) in [5, 5.41) is 16.3. The van der Waals surface area contributed by atoms with E-state index < -0.39 is 22.9 Å². The summed E-state index contributed by atoms with van der Waals surface area (Å²) in [6, 6.07) is 11.0. The topological polar surface area (TPSA) is 111 Å². The first kappa shape index (κ1) is 18.9. The highest BCUT2D eigenvalue weighted by Gasteiger charge is 2.23. The SMILES string of the molecule is CNc1ccc([N+](=O)[O-])cc1C(=O)O[C@@H](C)C(=O)Nc1cccc(C)c1. The van der Waals surface area contributed by atoms with Gasteiger partial charge in [-0.25, -0.2) is 4.79 Å². The summed E-state index contributed by atoms with van der Waals surface area (Å²) in [5.74, 6) is -1.33. The molecule has 2 N–H and O–H groups in total. The van der Waals surface area contributed by atoms with Gasteiger partial charge in [-0.15, -0.1) is 0 Å². The van der Waals surface area contributed by atoms with E-state index in [2.05, 4.69) is 10.6 Å². The molecule has 8 nitrogen and oxygen atoms in total. The Morgan fingerprint density at radius 3 is 2.54 bits per heavy atom. The van der Waals surface area contributed by atoms with Gasteiger partial charge in [-0.2, -0.15) is 0 Å². The Morgan fingerprint density at radius 2 is 1.92 bits per heavy atom. The van der Waals surface area contributed by atoms with Crippen molar-refractivity contribution in [3.63, 3.8) is 0 Å². The average molecular weight is 357 g/mol. The lowest BCUT2D eigenvalue weighted by atomic mass is 10.1. The third kappa shape index (κ3) is 4.56. The Morgan fingerprint density at radius 1 is 1.19 bits per heavy atom. The van der Waals surface area contributed by atoms with Crippen LogP contribution in [0, 0.1) is 17.0 Å². The largest absolute Gasteiger partial charge is 0.449 e. The minimum Gasteiger partial charge on any atom is -0.449 e. The van der Waals surface area contributed by atoms with Gasteiger partial charge >= 0.3 is 5.97 Å². The van der Waals surface area contributed by atoms with Crippen LogP contribution in [0.25, 0.3) is 0 Å². The third-order valence-corrected chi connectivity index (χ3v) is 3.64. The maximum Gasteiger partial charge on any atom is 0.341 e. The zero-order valence-electron chi connectivity index (χ0n) is 14.6. The van der Waals surface area contributed by atoms with Gasteiger partial charge in [-0.1, -0.05) is 12.1 Å². The van der Waals surface area contributed by atoms with Crippen LogP contribution in [0.3, 0.4) is 0 Å². The number of carbonyl (C=O) groups excluding carboxylic acids is 2. The predicted octanol–water partition coefficient (Wildman–Crippen LogP) is 3.13. The van der Waals surface area contributed by atoms with Crippen LogP contribution in [0.15, 0.2) is 42.5 Å². The molecule has 0 aliphatic carbocycles. The van der Waals surface area contributed by atoms with Crippen molar-refractivity contribution >= 4 is 28.9 Å². The maximum absolute atomic E-state index is 12.4. The number of non-ortho nitro benzene ring substituents is 1. The van der Waals surface area contributed by atoms with Crippen molar-refractivity contribution in [3.05, 3.63) is 63.7 Å². The third-order valence-electron chi connectivity index (χ3n) is 3.64. The quantitative estimate of drug-likeness (QED) is 0.467. The summed E-state index contributed by atoms with van der Waals surface area (Å²) in [4.78, 5) is 34.9. The molecule has 0 fully saturated rings. The zero-order chi connectivity index (χ0) is 19.3. The van der Waals surface area contributed by atoms with Gasteiger partial charge in [0.25, 0.3) is 11.6 Å². The molecule has 0 spiro atoms. The van der Waals surface area contributed by atoms with Crippen LogP contribution in [0.5, 0.6) is 0 Å². The van der Waals surface area contributed by atoms with E-state index in [1.54, 1.807) is 25.2 Å². The van der Waals surface area contributed by atoms with Crippen molar-refractivity contribution in [2.75, 3.05) is 17.7 Å². The first-order valence-electron chi connectivity index (χ1n) is 7.86. The summed E-state index contributed by atoms with van der Waals surface area (Å²) in [6.45, 7) is 3.32. The van der Waals surface area contributed by atoms with E-state index in [0.717, 1.165) is 11.6 Å². The molecule has 2 aromatic rings. The van der Waals surface area contributed by atoms with Crippen LogP contribution in [-0.2, 0) is 9.53 Å². The Labute approximate surface area is 150 Å². The molecule has 0 radical (unpaired) electrons. The second-order valence-electron chi connectivity index (χ2n) is 5.64. The van der Waals surface area contributed by atoms with Crippen molar-refractivity contribution in [2.45, 2.75) is 20.0 Å². The first-order chi connectivity index (χ1) is 12.3. The molecular weight excluding hydrogens is 338 g/mol. The highest BCUT2D eigenvalue weighted by molar-refractivity contribution is 6.00. The number of rotatable bonds is 6. The number of anilines is 2. The number of amides is 1. The summed E-state index contributed by atoms with van der Waals surface area (Å²) < 4.78 is 5.16. The number of nitrogens with one attached hydrogen (secondary N) is 2. The number of nitro benzene ring substituents is 1. The van der Waals surface area contributed by atoms with Crippen LogP contribution in [0.4, 0.5) is 17.1 Å². The molecule has 0 heterocycles. The van der Waals surface area contributed by atoms with Crippen LogP contribution in [0.1, 0.15) is 22.8 Å². The van der Waals surface area contributed by atoms with Crippen LogP contribution >= 0.6 is 0 Å². The van der Waals surface area contributed by atoms with Gasteiger partial charge in [0.2, 0.25) is 0 Å². The van der Waals surface area contributed by atoms with E-state index in [1.807, 2.05) is 13.0 Å². The Bertz CT molecular complexity index is 850. The minimum atomic E-state index is -1.08. The van der Waals surface area contributed by atoms with Crippen LogP contribution in [0.2, 0.25) is 0 Å². The molecule has 2 rings (SSSR count). The summed E-state index contributed by atoms with van der Waals surface area (Å²) >= 11 is 0. The first-order valence-corrected chi connectivity index (χ1v) is 7.86. The van der Waals surface area contributed by atoms with Crippen LogP contribution in [-0.4, -0.2) is 30.0 Å². The molecule has 0 saturated carbocycles. The van der Waals surface area contributed by atoms with E-state index in [9.17, 15) is 19.7 Å². The zero-order valence-corrected chi connectivity index (χ0v) is 14.6. The Balaban J connectivity index is 2.12. The maximum atomic E-state index is 12.4. The van der Waals surface area contributed by atoms with E-state index in [0.29, 0.717) is 11.4 Å². The van der Waals surface area contributed by atoms with Crippen LogP contribution < -0.4 is 10.6 Å². The van der Waals surface area contributed by atoms with Gasteiger partial charge in [0.05, 0.1) is 10.5 Å². The van der Waals surface area contributed by atoms with E-state index >= 15 is 0 Å². The fourth-order valence-corrected chi connectivity index (χ4v) is 2.28. The molecule has 0 aliphatic heterocycles. The predicted molar refractivity (Wildman–Crippen MR) is 97.3 cm³/mol. The molecule has 2 aromatic carbocycles. The van der Waals surface area contributed by atoms with Gasteiger partial charge < -0.3 is 15.4 Å². The number of carbonyl (C=O) groups is 2. The van der Waals surface area contributed by atoms with E-state index in [4.69, 9.17) is 4.74 Å². The lowest BCUT2D eigenvalue weighted by molar-refractivity contribution is -0.384. The second-order valence-corrected chi connectivity index (χ2v) is 5.64. The lowest BCUT2D eigenvalue weighted by Crippen LogP contribution is -2.30. The fraction of sp³-hybridized carbons (Fsp3) is 0.222.